The van der Waals surface area contributed by atoms with E-state index in [0.717, 1.165) is 11.5 Å². The molecular formula is C8H7ClN4OS. The average molecular weight is 243 g/mol. The molecule has 0 radical (unpaired) electrons. The van der Waals surface area contributed by atoms with Crippen molar-refractivity contribution < 1.29 is 0 Å². The molecule has 0 unspecified atom stereocenters. The average Bonchev–Trinajstić information content (AvgIpc) is 2.57. The molecular weight excluding hydrogens is 236 g/mol. The van der Waals surface area contributed by atoms with Gasteiger partial charge in [0.2, 0.25) is 0 Å². The second-order valence-electron chi connectivity index (χ2n) is 2.99. The molecule has 2 aromatic heterocycles. The van der Waals surface area contributed by atoms with Crippen LogP contribution in [0.15, 0.2) is 17.2 Å². The lowest BCUT2D eigenvalue weighted by molar-refractivity contribution is 0.711. The number of nitrogens with zero attached hydrogens (tertiary/aromatic N) is 4. The van der Waals surface area contributed by atoms with Gasteiger partial charge in [-0.15, -0.1) is 5.10 Å². The van der Waals surface area contributed by atoms with E-state index in [-0.39, 0.29) is 5.56 Å². The van der Waals surface area contributed by atoms with Crippen LogP contribution >= 0.6 is 23.1 Å². The Morgan fingerprint density at radius 1 is 1.60 bits per heavy atom. The number of rotatable bonds is 2. The first-order valence-electron chi connectivity index (χ1n) is 4.16. The fraction of sp³-hybridized carbons (Fsp3) is 0.250. The molecule has 7 heteroatoms. The lowest BCUT2D eigenvalue weighted by atomic mass is 10.4. The molecule has 0 aliphatic carbocycles. The number of aryl methyl sites for hydroxylation is 1. The zero-order valence-corrected chi connectivity index (χ0v) is 9.42. The number of hydrogen-bond donors (Lipinski definition) is 0. The summed E-state index contributed by atoms with van der Waals surface area (Å²) in [6.45, 7) is 2.07. The van der Waals surface area contributed by atoms with Gasteiger partial charge in [0.1, 0.15) is 10.0 Å². The van der Waals surface area contributed by atoms with Crippen LogP contribution in [0.2, 0.25) is 4.34 Å². The van der Waals surface area contributed by atoms with Crippen molar-refractivity contribution in [3.63, 3.8) is 0 Å². The maximum Gasteiger partial charge on any atom is 0.253 e. The maximum absolute atomic E-state index is 11.5. The van der Waals surface area contributed by atoms with Gasteiger partial charge in [0, 0.05) is 23.3 Å². The highest BCUT2D eigenvalue weighted by molar-refractivity contribution is 7.10. The molecule has 0 saturated heterocycles. The number of hydrogen-bond acceptors (Lipinski definition) is 5. The number of aromatic nitrogens is 4. The van der Waals surface area contributed by atoms with Crippen LogP contribution in [0.25, 0.3) is 0 Å². The molecule has 0 atom stereocenters. The van der Waals surface area contributed by atoms with Crippen LogP contribution in [0, 0.1) is 6.92 Å². The smallest absolute Gasteiger partial charge is 0.253 e. The van der Waals surface area contributed by atoms with E-state index in [0.29, 0.717) is 22.3 Å². The molecule has 15 heavy (non-hydrogen) atoms. The standard InChI is InChI=1S/C8H7ClN4OS/c1-5-2-7(14)13(4-10-5)3-6-8(9)15-12-11-6/h2,4H,3H2,1H3. The van der Waals surface area contributed by atoms with E-state index in [9.17, 15) is 4.79 Å². The lowest BCUT2D eigenvalue weighted by Gasteiger charge is -2.01. The normalized spacial score (nSPS) is 10.5. The van der Waals surface area contributed by atoms with Gasteiger partial charge in [-0.25, -0.2) is 4.98 Å². The lowest BCUT2D eigenvalue weighted by Crippen LogP contribution is -2.20. The van der Waals surface area contributed by atoms with Crippen molar-refractivity contribution in [2.24, 2.45) is 0 Å². The summed E-state index contributed by atoms with van der Waals surface area (Å²) in [4.78, 5) is 15.5. The second kappa shape index (κ2) is 4.08. The summed E-state index contributed by atoms with van der Waals surface area (Å²) in [6.07, 6.45) is 1.48. The Kier molecular flexibility index (Phi) is 2.79. The summed E-state index contributed by atoms with van der Waals surface area (Å²) in [7, 11) is 0. The van der Waals surface area contributed by atoms with Gasteiger partial charge in [0.05, 0.1) is 12.9 Å². The van der Waals surface area contributed by atoms with Gasteiger partial charge in [0.25, 0.3) is 5.56 Å². The van der Waals surface area contributed by atoms with Gasteiger partial charge in [-0.1, -0.05) is 16.1 Å². The van der Waals surface area contributed by atoms with Gasteiger partial charge in [-0.3, -0.25) is 9.36 Å². The minimum absolute atomic E-state index is 0.119. The summed E-state index contributed by atoms with van der Waals surface area (Å²) in [6, 6.07) is 1.47. The van der Waals surface area contributed by atoms with Crippen LogP contribution in [0.4, 0.5) is 0 Å². The van der Waals surface area contributed by atoms with Crippen molar-refractivity contribution in [3.05, 3.63) is 38.5 Å². The van der Waals surface area contributed by atoms with E-state index in [1.807, 2.05) is 0 Å². The van der Waals surface area contributed by atoms with Crippen molar-refractivity contribution in [1.29, 1.82) is 0 Å². The molecule has 0 N–H and O–H groups in total. The molecule has 0 fully saturated rings. The quantitative estimate of drug-likeness (QED) is 0.791. The van der Waals surface area contributed by atoms with E-state index in [1.54, 1.807) is 6.92 Å². The molecule has 0 aliphatic rings. The second-order valence-corrected chi connectivity index (χ2v) is 4.35. The van der Waals surface area contributed by atoms with Crippen molar-refractivity contribution in [2.45, 2.75) is 13.5 Å². The molecule has 2 heterocycles. The first-order chi connectivity index (χ1) is 7.16. The Morgan fingerprint density at radius 2 is 2.40 bits per heavy atom. The highest BCUT2D eigenvalue weighted by Crippen LogP contribution is 2.17. The molecule has 5 nitrogen and oxygen atoms in total. The monoisotopic (exact) mass is 242 g/mol. The maximum atomic E-state index is 11.5. The highest BCUT2D eigenvalue weighted by Gasteiger charge is 2.07. The van der Waals surface area contributed by atoms with Crippen LogP contribution in [0.1, 0.15) is 11.4 Å². The molecule has 0 saturated carbocycles. The van der Waals surface area contributed by atoms with Gasteiger partial charge in [0.15, 0.2) is 0 Å². The minimum atomic E-state index is -0.119. The minimum Gasteiger partial charge on any atom is -0.293 e. The zero-order chi connectivity index (χ0) is 10.8. The summed E-state index contributed by atoms with van der Waals surface area (Å²) >= 11 is 6.93. The summed E-state index contributed by atoms with van der Waals surface area (Å²) in [5.41, 5.74) is 1.17. The van der Waals surface area contributed by atoms with E-state index < -0.39 is 0 Å². The van der Waals surface area contributed by atoms with E-state index >= 15 is 0 Å². The predicted octanol–water partition coefficient (Wildman–Crippen LogP) is 1.10. The van der Waals surface area contributed by atoms with Crippen LogP contribution in [0.3, 0.4) is 0 Å². The van der Waals surface area contributed by atoms with Gasteiger partial charge in [-0.05, 0) is 6.92 Å². The Hall–Kier alpha value is -1.27. The fourth-order valence-electron chi connectivity index (χ4n) is 1.09. The Labute approximate surface area is 94.5 Å². The molecule has 2 aromatic rings. The van der Waals surface area contributed by atoms with Crippen LogP contribution in [-0.2, 0) is 6.54 Å². The molecule has 78 valence electrons. The van der Waals surface area contributed by atoms with Crippen molar-refractivity contribution >= 4 is 23.1 Å². The van der Waals surface area contributed by atoms with E-state index in [2.05, 4.69) is 14.6 Å². The molecule has 0 amide bonds. The zero-order valence-electron chi connectivity index (χ0n) is 7.85. The van der Waals surface area contributed by atoms with Crippen LogP contribution in [-0.4, -0.2) is 19.1 Å². The third kappa shape index (κ3) is 2.21. The Morgan fingerprint density at radius 3 is 3.00 bits per heavy atom. The Bertz CT molecular complexity index is 535. The molecule has 0 aromatic carbocycles. The van der Waals surface area contributed by atoms with Gasteiger partial charge < -0.3 is 0 Å². The Balaban J connectivity index is 2.33. The first kappa shape index (κ1) is 10.3. The largest absolute Gasteiger partial charge is 0.293 e. The summed E-state index contributed by atoms with van der Waals surface area (Å²) < 4.78 is 5.63. The topological polar surface area (TPSA) is 60.7 Å². The van der Waals surface area contributed by atoms with E-state index in [4.69, 9.17) is 11.6 Å². The molecule has 0 bridgehead atoms. The summed E-state index contributed by atoms with van der Waals surface area (Å²) in [5.74, 6) is 0. The molecule has 0 spiro atoms. The predicted molar refractivity (Wildman–Crippen MR) is 57.3 cm³/mol. The first-order valence-corrected chi connectivity index (χ1v) is 5.32. The van der Waals surface area contributed by atoms with Crippen molar-refractivity contribution in [1.82, 2.24) is 19.1 Å². The SMILES string of the molecule is Cc1cc(=O)n(Cc2nnsc2Cl)cn1. The molecule has 2 rings (SSSR count). The highest BCUT2D eigenvalue weighted by atomic mass is 35.5. The van der Waals surface area contributed by atoms with Gasteiger partial charge >= 0.3 is 0 Å². The van der Waals surface area contributed by atoms with Crippen molar-refractivity contribution in [2.75, 3.05) is 0 Å². The summed E-state index contributed by atoms with van der Waals surface area (Å²) in [5, 5.41) is 3.82. The van der Waals surface area contributed by atoms with Crippen LogP contribution < -0.4 is 5.56 Å². The molecule has 0 aliphatic heterocycles. The third-order valence-corrected chi connectivity index (χ3v) is 2.83. The van der Waals surface area contributed by atoms with E-state index in [1.165, 1.54) is 17.0 Å². The third-order valence-electron chi connectivity index (χ3n) is 1.85. The fourth-order valence-corrected chi connectivity index (χ4v) is 1.70. The van der Waals surface area contributed by atoms with Crippen LogP contribution in [0.5, 0.6) is 0 Å². The number of halogens is 1. The van der Waals surface area contributed by atoms with Crippen molar-refractivity contribution in [3.8, 4) is 0 Å². The van der Waals surface area contributed by atoms with Gasteiger partial charge in [-0.2, -0.15) is 0 Å².